The van der Waals surface area contributed by atoms with Crippen LogP contribution in [0.2, 0.25) is 0 Å². The SMILES string of the molecule is c1ccc(N=Nc2ccccc2P(c2ccccc2)c2ccccc2)cc1. The third kappa shape index (κ3) is 4.19. The topological polar surface area (TPSA) is 24.7 Å². The first kappa shape index (κ1) is 17.3. The molecule has 4 aromatic carbocycles. The van der Waals surface area contributed by atoms with Crippen molar-refractivity contribution in [1.29, 1.82) is 0 Å². The Bertz CT molecular complexity index is 976. The Morgan fingerprint density at radius 3 is 1.52 bits per heavy atom. The van der Waals surface area contributed by atoms with Gasteiger partial charge in [-0.3, -0.25) is 0 Å². The van der Waals surface area contributed by atoms with Crippen LogP contribution < -0.4 is 15.9 Å². The average molecular weight is 366 g/mol. The van der Waals surface area contributed by atoms with Crippen molar-refractivity contribution in [1.82, 2.24) is 0 Å². The van der Waals surface area contributed by atoms with Crippen LogP contribution in [-0.4, -0.2) is 0 Å². The molecular formula is C24H19N2P. The third-order valence-corrected chi connectivity index (χ3v) is 6.67. The van der Waals surface area contributed by atoms with Gasteiger partial charge >= 0.3 is 0 Å². The highest BCUT2D eigenvalue weighted by atomic mass is 31.1. The normalized spacial score (nSPS) is 11.1. The first-order valence-corrected chi connectivity index (χ1v) is 10.2. The smallest absolute Gasteiger partial charge is 0.0940 e. The molecular weight excluding hydrogens is 347 g/mol. The van der Waals surface area contributed by atoms with E-state index in [1.165, 1.54) is 15.9 Å². The molecule has 0 fully saturated rings. The largest absolute Gasteiger partial charge is 0.151 e. The zero-order valence-electron chi connectivity index (χ0n) is 14.8. The summed E-state index contributed by atoms with van der Waals surface area (Å²) in [6.45, 7) is 0. The summed E-state index contributed by atoms with van der Waals surface area (Å²) in [7, 11) is -0.701. The van der Waals surface area contributed by atoms with Crippen molar-refractivity contribution in [2.24, 2.45) is 10.2 Å². The molecule has 0 aliphatic carbocycles. The Balaban J connectivity index is 1.81. The molecule has 0 amide bonds. The van der Waals surface area contributed by atoms with Crippen LogP contribution in [0.5, 0.6) is 0 Å². The summed E-state index contributed by atoms with van der Waals surface area (Å²) < 4.78 is 0. The van der Waals surface area contributed by atoms with E-state index in [-0.39, 0.29) is 0 Å². The molecule has 0 aliphatic heterocycles. The monoisotopic (exact) mass is 366 g/mol. The molecule has 27 heavy (non-hydrogen) atoms. The predicted octanol–water partition coefficient (Wildman–Crippen LogP) is 5.86. The Morgan fingerprint density at radius 1 is 0.444 bits per heavy atom. The quantitative estimate of drug-likeness (QED) is 0.312. The highest BCUT2D eigenvalue weighted by Crippen LogP contribution is 2.36. The number of hydrogen-bond donors (Lipinski definition) is 0. The molecule has 0 unspecified atom stereocenters. The molecule has 0 atom stereocenters. The summed E-state index contributed by atoms with van der Waals surface area (Å²) in [4.78, 5) is 0. The van der Waals surface area contributed by atoms with Gasteiger partial charge in [0.2, 0.25) is 0 Å². The summed E-state index contributed by atoms with van der Waals surface area (Å²) in [6, 6.07) is 39.5. The minimum Gasteiger partial charge on any atom is -0.151 e. The molecule has 0 N–H and O–H groups in total. The predicted molar refractivity (Wildman–Crippen MR) is 116 cm³/mol. The van der Waals surface area contributed by atoms with Gasteiger partial charge < -0.3 is 0 Å². The van der Waals surface area contributed by atoms with Gasteiger partial charge in [0.15, 0.2) is 0 Å². The van der Waals surface area contributed by atoms with Gasteiger partial charge in [0.1, 0.15) is 0 Å². The lowest BCUT2D eigenvalue weighted by Crippen LogP contribution is -2.20. The molecule has 0 aromatic heterocycles. The second-order valence-corrected chi connectivity index (χ2v) is 8.22. The maximum atomic E-state index is 4.59. The molecule has 4 rings (SSSR count). The van der Waals surface area contributed by atoms with E-state index < -0.39 is 7.92 Å². The molecule has 0 saturated heterocycles. The molecule has 4 aromatic rings. The van der Waals surface area contributed by atoms with Crippen molar-refractivity contribution in [3.8, 4) is 0 Å². The van der Waals surface area contributed by atoms with Crippen molar-refractivity contribution in [2.75, 3.05) is 0 Å². The Labute approximate surface area is 161 Å². The molecule has 3 heteroatoms. The minimum atomic E-state index is -0.701. The highest BCUT2D eigenvalue weighted by Gasteiger charge is 2.19. The average Bonchev–Trinajstić information content (AvgIpc) is 2.76. The number of hydrogen-bond acceptors (Lipinski definition) is 2. The van der Waals surface area contributed by atoms with Crippen LogP contribution in [0.15, 0.2) is 125 Å². The summed E-state index contributed by atoms with van der Waals surface area (Å²) >= 11 is 0. The Hall–Kier alpha value is -3.09. The number of benzene rings is 4. The van der Waals surface area contributed by atoms with E-state index in [4.69, 9.17) is 0 Å². The second-order valence-electron chi connectivity index (χ2n) is 6.03. The Morgan fingerprint density at radius 2 is 0.926 bits per heavy atom. The summed E-state index contributed by atoms with van der Waals surface area (Å²) in [6.07, 6.45) is 0. The van der Waals surface area contributed by atoms with Gasteiger partial charge in [0.25, 0.3) is 0 Å². The lowest BCUT2D eigenvalue weighted by atomic mass is 10.3. The highest BCUT2D eigenvalue weighted by molar-refractivity contribution is 7.80. The maximum absolute atomic E-state index is 4.59. The minimum absolute atomic E-state index is 0.701. The van der Waals surface area contributed by atoms with Gasteiger partial charge in [-0.2, -0.15) is 5.11 Å². The van der Waals surface area contributed by atoms with Crippen LogP contribution in [0.3, 0.4) is 0 Å². The molecule has 0 radical (unpaired) electrons. The fraction of sp³-hybridized carbons (Fsp3) is 0. The van der Waals surface area contributed by atoms with Crippen LogP contribution in [0.25, 0.3) is 0 Å². The van der Waals surface area contributed by atoms with Crippen molar-refractivity contribution >= 4 is 35.2 Å². The lowest BCUT2D eigenvalue weighted by Gasteiger charge is -2.20. The fourth-order valence-electron chi connectivity index (χ4n) is 2.93. The maximum Gasteiger partial charge on any atom is 0.0940 e. The molecule has 0 spiro atoms. The van der Waals surface area contributed by atoms with E-state index in [9.17, 15) is 0 Å². The first-order chi connectivity index (χ1) is 13.4. The van der Waals surface area contributed by atoms with E-state index >= 15 is 0 Å². The third-order valence-electron chi connectivity index (χ3n) is 4.18. The summed E-state index contributed by atoms with van der Waals surface area (Å²) in [5.41, 5.74) is 1.77. The van der Waals surface area contributed by atoms with Crippen LogP contribution in [0, 0.1) is 0 Å². The van der Waals surface area contributed by atoms with Crippen LogP contribution >= 0.6 is 7.92 Å². The molecule has 0 bridgehead atoms. The van der Waals surface area contributed by atoms with E-state index in [1.807, 2.05) is 42.5 Å². The molecule has 0 aliphatic rings. The van der Waals surface area contributed by atoms with E-state index in [2.05, 4.69) is 83.0 Å². The number of rotatable bonds is 5. The van der Waals surface area contributed by atoms with Crippen molar-refractivity contribution in [3.05, 3.63) is 115 Å². The van der Waals surface area contributed by atoms with E-state index in [0.717, 1.165) is 11.4 Å². The molecule has 0 saturated carbocycles. The molecule has 130 valence electrons. The number of nitrogens with zero attached hydrogens (tertiary/aromatic N) is 2. The van der Waals surface area contributed by atoms with Gasteiger partial charge in [-0.25, -0.2) is 0 Å². The van der Waals surface area contributed by atoms with Gasteiger partial charge in [-0.05, 0) is 36.7 Å². The second kappa shape index (κ2) is 8.53. The fourth-order valence-corrected chi connectivity index (χ4v) is 5.30. The van der Waals surface area contributed by atoms with Crippen LogP contribution in [0.4, 0.5) is 11.4 Å². The van der Waals surface area contributed by atoms with Gasteiger partial charge in [0, 0.05) is 5.30 Å². The van der Waals surface area contributed by atoms with Gasteiger partial charge in [-0.15, -0.1) is 5.11 Å². The van der Waals surface area contributed by atoms with Gasteiger partial charge in [-0.1, -0.05) is 97.1 Å². The van der Waals surface area contributed by atoms with Gasteiger partial charge in [0.05, 0.1) is 11.4 Å². The van der Waals surface area contributed by atoms with Crippen molar-refractivity contribution < 1.29 is 0 Å². The summed E-state index contributed by atoms with van der Waals surface area (Å²) in [5, 5.41) is 12.9. The van der Waals surface area contributed by atoms with Crippen LogP contribution in [-0.2, 0) is 0 Å². The lowest BCUT2D eigenvalue weighted by molar-refractivity contribution is 1.24. The van der Waals surface area contributed by atoms with Crippen LogP contribution in [0.1, 0.15) is 0 Å². The van der Waals surface area contributed by atoms with Crippen molar-refractivity contribution in [2.45, 2.75) is 0 Å². The molecule has 0 heterocycles. The first-order valence-electron chi connectivity index (χ1n) is 8.88. The summed E-state index contributed by atoms with van der Waals surface area (Å²) in [5.74, 6) is 0. The standard InChI is InChI=1S/C24H19N2P/c1-4-12-20(13-5-1)25-26-23-18-10-11-19-24(23)27(21-14-6-2-7-15-21)22-16-8-3-9-17-22/h1-19H. The number of azo groups is 1. The van der Waals surface area contributed by atoms with E-state index in [1.54, 1.807) is 0 Å². The molecule has 2 nitrogen and oxygen atoms in total. The zero-order valence-corrected chi connectivity index (χ0v) is 15.7. The van der Waals surface area contributed by atoms with Crippen molar-refractivity contribution in [3.63, 3.8) is 0 Å². The van der Waals surface area contributed by atoms with E-state index in [0.29, 0.717) is 0 Å². The Kier molecular flexibility index (Phi) is 5.47. The zero-order chi connectivity index (χ0) is 18.3.